The number of carbonyl (C=O) groups is 3. The molecule has 0 spiro atoms. The number of quaternary nitrogens is 1. The fourth-order valence-corrected chi connectivity index (χ4v) is 10.0. The molecule has 0 heterocycles. The van der Waals surface area contributed by atoms with E-state index >= 15 is 0 Å². The van der Waals surface area contributed by atoms with E-state index in [-0.39, 0.29) is 38.6 Å². The first kappa shape index (κ1) is 91.1. The van der Waals surface area contributed by atoms with Crippen molar-refractivity contribution in [2.75, 3.05) is 47.5 Å². The molecular weight excluding hydrogens is 1200 g/mol. The number of allylic oxidation sites excluding steroid dienone is 32. The third kappa shape index (κ3) is 77.4. The maximum Gasteiger partial charge on any atom is 0.361 e. The third-order valence-electron chi connectivity index (χ3n) is 15.8. The van der Waals surface area contributed by atoms with Gasteiger partial charge in [-0.05, 0) is 141 Å². The molecule has 0 saturated carbocycles. The first-order chi connectivity index (χ1) is 47.6. The van der Waals surface area contributed by atoms with Gasteiger partial charge in [0.25, 0.3) is 6.29 Å². The number of likely N-dealkylation sites (N-methyl/N-ethyl adjacent to an activating group) is 1. The molecule has 0 aromatic carbocycles. The number of unbranched alkanes of at least 4 members (excludes halogenated alkanes) is 22. The van der Waals surface area contributed by atoms with E-state index in [4.69, 9.17) is 18.9 Å². The molecule has 2 atom stereocenters. The number of carboxylic acids is 1. The van der Waals surface area contributed by atoms with Gasteiger partial charge in [-0.25, -0.2) is 4.79 Å². The second-order valence-electron chi connectivity index (χ2n) is 26.2. The van der Waals surface area contributed by atoms with E-state index < -0.39 is 24.3 Å². The van der Waals surface area contributed by atoms with E-state index in [0.29, 0.717) is 17.4 Å². The smallest absolute Gasteiger partial charge is 0.361 e. The van der Waals surface area contributed by atoms with Crippen LogP contribution in [-0.4, -0.2) is 87.4 Å². The fourth-order valence-electron chi connectivity index (χ4n) is 10.0. The van der Waals surface area contributed by atoms with Gasteiger partial charge in [0.1, 0.15) is 13.2 Å². The highest BCUT2D eigenvalue weighted by molar-refractivity contribution is 5.71. The van der Waals surface area contributed by atoms with Gasteiger partial charge in [0.15, 0.2) is 6.10 Å². The normalized spacial score (nSPS) is 13.8. The molecule has 546 valence electrons. The minimum atomic E-state index is -1.53. The summed E-state index contributed by atoms with van der Waals surface area (Å²) in [4.78, 5) is 37.7. The SMILES string of the molecule is CC/C=C\C/C=C\C/C=C\C/C=C\C/C=C\C/C=C\C/C=C\C/C=C\C/C=C\C/C=C\CCCCCCCCCCC(=O)OC(COC(=O)CCCCCCCCCCCCCCCC/C=C\C/C=C\C/C=C\C/C=C\C/C=C\C/C=C\CC)COC(OCC[N+](C)(C)C)C(=O)O. The van der Waals surface area contributed by atoms with Crippen LogP contribution in [0.3, 0.4) is 0 Å². The van der Waals surface area contributed by atoms with Crippen LogP contribution in [0.2, 0.25) is 0 Å². The molecule has 0 radical (unpaired) electrons. The Morgan fingerprint density at radius 1 is 0.309 bits per heavy atom. The third-order valence-corrected chi connectivity index (χ3v) is 15.8. The van der Waals surface area contributed by atoms with Crippen molar-refractivity contribution in [3.8, 4) is 0 Å². The fraction of sp³-hybridized carbons (Fsp3) is 0.602. The zero-order valence-corrected chi connectivity index (χ0v) is 62.4. The second kappa shape index (κ2) is 75.9. The van der Waals surface area contributed by atoms with Crippen LogP contribution in [0.25, 0.3) is 0 Å². The van der Waals surface area contributed by atoms with Crippen molar-refractivity contribution < 1.29 is 42.9 Å². The highest BCUT2D eigenvalue weighted by atomic mass is 16.7. The Kier molecular flexibility index (Phi) is 71.3. The number of carboxylic acid groups (broad SMARTS) is 1. The highest BCUT2D eigenvalue weighted by Crippen LogP contribution is 2.16. The maximum atomic E-state index is 13.0. The molecule has 0 aliphatic heterocycles. The zero-order chi connectivity index (χ0) is 70.4. The lowest BCUT2D eigenvalue weighted by molar-refractivity contribution is -0.870. The minimum Gasteiger partial charge on any atom is -0.477 e. The number of ether oxygens (including phenoxy) is 4. The Labute approximate surface area is 595 Å². The molecule has 9 nitrogen and oxygen atoms in total. The molecule has 0 saturated heterocycles. The molecule has 0 amide bonds. The van der Waals surface area contributed by atoms with Crippen LogP contribution in [0.4, 0.5) is 0 Å². The highest BCUT2D eigenvalue weighted by Gasteiger charge is 2.25. The van der Waals surface area contributed by atoms with Crippen molar-refractivity contribution in [2.45, 2.75) is 296 Å². The summed E-state index contributed by atoms with van der Waals surface area (Å²) in [6.45, 7) is 4.63. The molecule has 0 fully saturated rings. The number of nitrogens with zero attached hydrogens (tertiary/aromatic N) is 1. The van der Waals surface area contributed by atoms with Gasteiger partial charge in [0.2, 0.25) is 0 Å². The van der Waals surface area contributed by atoms with Gasteiger partial charge in [-0.15, -0.1) is 0 Å². The van der Waals surface area contributed by atoms with Crippen LogP contribution < -0.4 is 0 Å². The molecule has 1 N–H and O–H groups in total. The number of hydrogen-bond donors (Lipinski definition) is 1. The summed E-state index contributed by atoms with van der Waals surface area (Å²) >= 11 is 0. The van der Waals surface area contributed by atoms with Gasteiger partial charge in [-0.1, -0.05) is 324 Å². The van der Waals surface area contributed by atoms with E-state index in [9.17, 15) is 19.5 Å². The molecule has 0 aromatic rings. The zero-order valence-electron chi connectivity index (χ0n) is 62.4. The summed E-state index contributed by atoms with van der Waals surface area (Å²) in [5.74, 6) is -2.03. The molecule has 9 heteroatoms. The van der Waals surface area contributed by atoms with Crippen molar-refractivity contribution in [1.82, 2.24) is 0 Å². The molecule has 0 aliphatic rings. The van der Waals surface area contributed by atoms with Crippen LogP contribution in [0.1, 0.15) is 284 Å². The van der Waals surface area contributed by atoms with Gasteiger partial charge in [0.05, 0.1) is 34.4 Å². The van der Waals surface area contributed by atoms with Crippen LogP contribution in [0, 0.1) is 0 Å². The van der Waals surface area contributed by atoms with E-state index in [1.54, 1.807) is 0 Å². The van der Waals surface area contributed by atoms with E-state index in [0.717, 1.165) is 148 Å². The Morgan fingerprint density at radius 3 is 0.825 bits per heavy atom. The van der Waals surface area contributed by atoms with Crippen LogP contribution in [-0.2, 0) is 33.3 Å². The molecule has 0 bridgehead atoms. The summed E-state index contributed by atoms with van der Waals surface area (Å²) in [7, 11) is 5.97. The van der Waals surface area contributed by atoms with Crippen molar-refractivity contribution in [3.05, 3.63) is 194 Å². The molecule has 2 unspecified atom stereocenters. The number of carbonyl (C=O) groups excluding carboxylic acids is 2. The standard InChI is InChI=1S/C88H141NO8/c1-6-8-10-12-14-16-18-20-22-24-26-28-30-32-34-36-38-40-41-42-43-44-45-47-49-51-53-55-57-59-61-63-65-67-69-71-73-75-77-79-86(91)97-84(83-96-88(87(92)93)94-81-80-89(3,4)5)82-95-85(90)78-76-74-72-70-68-66-64-62-60-58-56-54-52-50-48-46-39-37-35-33-31-29-27-25-23-21-19-17-15-13-11-9-7-2/h8-11,14-17,20-23,26-29,32-35,38-40,42-43,45-47,51,53,57,59,84,88H,6-7,12-13,18-19,24-25,30-31,36-37,41,44,48-50,52,54-56,58,60-83H2,1-5H3/p+1/b10-8-,11-9-,16-14-,17-15-,22-20-,23-21-,28-26-,29-27-,34-32-,35-33-,40-38-,43-42-,46-39-,47-45-,53-51-,59-57-. The van der Waals surface area contributed by atoms with E-state index in [2.05, 4.69) is 208 Å². The summed E-state index contributed by atoms with van der Waals surface area (Å²) in [5, 5.41) is 9.77. The van der Waals surface area contributed by atoms with Crippen LogP contribution in [0.15, 0.2) is 194 Å². The van der Waals surface area contributed by atoms with Gasteiger partial charge in [-0.3, -0.25) is 9.59 Å². The quantitative estimate of drug-likeness (QED) is 0.0211. The maximum absolute atomic E-state index is 13.0. The topological polar surface area (TPSA) is 108 Å². The molecule has 0 aliphatic carbocycles. The van der Waals surface area contributed by atoms with Crippen molar-refractivity contribution >= 4 is 17.9 Å². The lowest BCUT2D eigenvalue weighted by atomic mass is 10.0. The molecular formula is C88H142NO8+. The van der Waals surface area contributed by atoms with Crippen LogP contribution in [0.5, 0.6) is 0 Å². The van der Waals surface area contributed by atoms with Gasteiger partial charge >= 0.3 is 17.9 Å². The first-order valence-electron chi connectivity index (χ1n) is 38.6. The predicted octanol–water partition coefficient (Wildman–Crippen LogP) is 24.9. The van der Waals surface area contributed by atoms with E-state index in [1.807, 2.05) is 21.1 Å². The van der Waals surface area contributed by atoms with E-state index in [1.165, 1.54) is 103 Å². The number of aliphatic carboxylic acids is 1. The largest absolute Gasteiger partial charge is 0.477 e. The summed E-state index contributed by atoms with van der Waals surface area (Å²) in [6, 6.07) is 0. The Bertz CT molecular complexity index is 2310. The monoisotopic (exact) mass is 1340 g/mol. The average molecular weight is 1340 g/mol. The number of esters is 2. The van der Waals surface area contributed by atoms with Crippen molar-refractivity contribution in [1.29, 1.82) is 0 Å². The minimum absolute atomic E-state index is 0.177. The summed E-state index contributed by atoms with van der Waals surface area (Å²) in [6.07, 6.45) is 114. The molecule has 97 heavy (non-hydrogen) atoms. The van der Waals surface area contributed by atoms with Gasteiger partial charge in [0, 0.05) is 12.8 Å². The molecule has 0 rings (SSSR count). The number of rotatable bonds is 69. The molecule has 0 aromatic heterocycles. The summed E-state index contributed by atoms with van der Waals surface area (Å²) < 4.78 is 23.0. The number of hydrogen-bond acceptors (Lipinski definition) is 7. The Morgan fingerprint density at radius 2 is 0.557 bits per heavy atom. The Balaban J connectivity index is 4.16. The van der Waals surface area contributed by atoms with Gasteiger partial charge < -0.3 is 28.5 Å². The summed E-state index contributed by atoms with van der Waals surface area (Å²) in [5.41, 5.74) is 0. The lowest BCUT2D eigenvalue weighted by Gasteiger charge is -2.25. The predicted molar refractivity (Wildman–Crippen MR) is 419 cm³/mol. The van der Waals surface area contributed by atoms with Crippen molar-refractivity contribution in [2.24, 2.45) is 0 Å². The lowest BCUT2D eigenvalue weighted by Crippen LogP contribution is -2.40. The Hall–Kier alpha value is -5.87. The van der Waals surface area contributed by atoms with Gasteiger partial charge in [-0.2, -0.15) is 0 Å². The second-order valence-corrected chi connectivity index (χ2v) is 26.2. The van der Waals surface area contributed by atoms with Crippen molar-refractivity contribution in [3.63, 3.8) is 0 Å². The first-order valence-corrected chi connectivity index (χ1v) is 38.6. The average Bonchev–Trinajstić information content (AvgIpc) is 2.39. The van der Waals surface area contributed by atoms with Crippen LogP contribution >= 0.6 is 0 Å².